The Bertz CT molecular complexity index is 536. The second-order valence-corrected chi connectivity index (χ2v) is 5.53. The molecule has 0 unspecified atom stereocenters. The van der Waals surface area contributed by atoms with Crippen LogP contribution in [-0.2, 0) is 0 Å². The van der Waals surface area contributed by atoms with Crippen molar-refractivity contribution in [3.05, 3.63) is 16.3 Å². The number of nitro groups is 1. The highest BCUT2D eigenvalue weighted by Gasteiger charge is 2.15. The zero-order chi connectivity index (χ0) is 12.4. The molecule has 2 rings (SSSR count). The fraction of sp³-hybridized carbons (Fsp3) is 0.429. The molecule has 0 amide bonds. The van der Waals surface area contributed by atoms with Crippen LogP contribution in [0.5, 0.6) is 0 Å². The molecule has 0 spiro atoms. The van der Waals surface area contributed by atoms with Crippen LogP contribution in [0.2, 0.25) is 0 Å². The summed E-state index contributed by atoms with van der Waals surface area (Å²) in [6.45, 7) is 3.87. The van der Waals surface area contributed by atoms with E-state index in [2.05, 4.69) is 20.4 Å². The van der Waals surface area contributed by atoms with Gasteiger partial charge in [0.2, 0.25) is 5.16 Å². The Labute approximate surface area is 104 Å². The first kappa shape index (κ1) is 11.9. The van der Waals surface area contributed by atoms with Crippen molar-refractivity contribution in [2.45, 2.75) is 29.4 Å². The highest BCUT2D eigenvalue weighted by atomic mass is 32.2. The van der Waals surface area contributed by atoms with Crippen LogP contribution in [0.4, 0.5) is 5.00 Å². The Hall–Kier alpha value is -1.55. The van der Waals surface area contributed by atoms with Gasteiger partial charge in [-0.25, -0.2) is 4.98 Å². The Morgan fingerprint density at radius 2 is 2.35 bits per heavy atom. The van der Waals surface area contributed by atoms with Crippen molar-refractivity contribution in [1.29, 1.82) is 0 Å². The number of tetrazole rings is 1. The number of nitrogens with zero attached hydrogens (tertiary/aromatic N) is 6. The summed E-state index contributed by atoms with van der Waals surface area (Å²) in [7, 11) is 0. The van der Waals surface area contributed by atoms with E-state index in [1.165, 1.54) is 11.0 Å². The monoisotopic (exact) mass is 272 g/mol. The van der Waals surface area contributed by atoms with Gasteiger partial charge in [0, 0.05) is 0 Å². The van der Waals surface area contributed by atoms with Crippen LogP contribution in [-0.4, -0.2) is 30.1 Å². The molecule has 17 heavy (non-hydrogen) atoms. The van der Waals surface area contributed by atoms with Crippen molar-refractivity contribution in [3.63, 3.8) is 0 Å². The minimum absolute atomic E-state index is 0.00347. The average molecular weight is 272 g/mol. The molecule has 0 atom stereocenters. The Morgan fingerprint density at radius 3 is 2.88 bits per heavy atom. The molecule has 2 aromatic rings. The van der Waals surface area contributed by atoms with Gasteiger partial charge in [0.25, 0.3) is 0 Å². The Morgan fingerprint density at radius 1 is 1.59 bits per heavy atom. The third-order valence-corrected chi connectivity index (χ3v) is 3.57. The minimum Gasteiger partial charge on any atom is -0.257 e. The van der Waals surface area contributed by atoms with E-state index in [0.29, 0.717) is 9.50 Å². The largest absolute Gasteiger partial charge is 0.344 e. The van der Waals surface area contributed by atoms with Crippen LogP contribution in [0.1, 0.15) is 19.9 Å². The van der Waals surface area contributed by atoms with Gasteiger partial charge >= 0.3 is 5.00 Å². The molecule has 2 heterocycles. The summed E-state index contributed by atoms with van der Waals surface area (Å²) in [6, 6.07) is 0.127. The fourth-order valence-corrected chi connectivity index (χ4v) is 2.51. The zero-order valence-corrected chi connectivity index (χ0v) is 10.6. The lowest BCUT2D eigenvalue weighted by molar-refractivity contribution is -0.380. The third-order valence-electron chi connectivity index (χ3n) is 1.70. The van der Waals surface area contributed by atoms with Crippen molar-refractivity contribution in [2.24, 2.45) is 0 Å². The lowest BCUT2D eigenvalue weighted by atomic mass is 10.4. The van der Waals surface area contributed by atoms with Crippen LogP contribution in [0, 0.1) is 10.1 Å². The summed E-state index contributed by atoms with van der Waals surface area (Å²) in [5.74, 6) is 0. The molecule has 0 aliphatic rings. The number of rotatable bonds is 4. The second kappa shape index (κ2) is 4.75. The summed E-state index contributed by atoms with van der Waals surface area (Å²) in [5, 5.41) is 22.7. The minimum atomic E-state index is -0.472. The number of hydrogen-bond donors (Lipinski definition) is 0. The predicted molar refractivity (Wildman–Crippen MR) is 61.1 cm³/mol. The van der Waals surface area contributed by atoms with E-state index < -0.39 is 4.92 Å². The van der Waals surface area contributed by atoms with E-state index in [9.17, 15) is 10.1 Å². The molecule has 90 valence electrons. The van der Waals surface area contributed by atoms with Crippen molar-refractivity contribution in [3.8, 4) is 0 Å². The number of aromatic nitrogens is 5. The van der Waals surface area contributed by atoms with E-state index in [0.717, 1.165) is 23.1 Å². The van der Waals surface area contributed by atoms with Gasteiger partial charge in [0.15, 0.2) is 4.34 Å². The van der Waals surface area contributed by atoms with Crippen LogP contribution in [0.15, 0.2) is 15.7 Å². The van der Waals surface area contributed by atoms with Crippen molar-refractivity contribution >= 4 is 28.1 Å². The molecule has 0 fully saturated rings. The first-order valence-corrected chi connectivity index (χ1v) is 6.27. The SMILES string of the molecule is CC(C)n1nnc(Sc2ncc([N+](=O)[O-])s2)n1. The molecular weight excluding hydrogens is 264 g/mol. The van der Waals surface area contributed by atoms with E-state index in [1.54, 1.807) is 0 Å². The van der Waals surface area contributed by atoms with E-state index in [4.69, 9.17) is 0 Å². The van der Waals surface area contributed by atoms with Crippen molar-refractivity contribution in [1.82, 2.24) is 25.2 Å². The van der Waals surface area contributed by atoms with E-state index >= 15 is 0 Å². The number of hydrogen-bond acceptors (Lipinski definition) is 8. The first-order chi connectivity index (χ1) is 8.06. The van der Waals surface area contributed by atoms with Crippen LogP contribution in [0.25, 0.3) is 0 Å². The van der Waals surface area contributed by atoms with Gasteiger partial charge in [-0.1, -0.05) is 0 Å². The van der Waals surface area contributed by atoms with Gasteiger partial charge in [-0.3, -0.25) is 10.1 Å². The van der Waals surface area contributed by atoms with Crippen LogP contribution < -0.4 is 0 Å². The van der Waals surface area contributed by atoms with Crippen molar-refractivity contribution in [2.75, 3.05) is 0 Å². The summed E-state index contributed by atoms with van der Waals surface area (Å²) >= 11 is 2.15. The quantitative estimate of drug-likeness (QED) is 0.617. The molecule has 10 heteroatoms. The smallest absolute Gasteiger partial charge is 0.257 e. The first-order valence-electron chi connectivity index (χ1n) is 4.64. The van der Waals surface area contributed by atoms with Crippen LogP contribution >= 0.6 is 23.1 Å². The number of thiazole rings is 1. The molecule has 0 bridgehead atoms. The Balaban J connectivity index is 2.11. The maximum atomic E-state index is 10.5. The van der Waals surface area contributed by atoms with Gasteiger partial charge in [0.1, 0.15) is 6.20 Å². The third kappa shape index (κ3) is 2.77. The van der Waals surface area contributed by atoms with Crippen LogP contribution in [0.3, 0.4) is 0 Å². The molecule has 0 aromatic carbocycles. The second-order valence-electron chi connectivity index (χ2n) is 3.31. The highest BCUT2D eigenvalue weighted by molar-refractivity contribution is 8.00. The van der Waals surface area contributed by atoms with E-state index in [1.807, 2.05) is 13.8 Å². The summed E-state index contributed by atoms with van der Waals surface area (Å²) < 4.78 is 0.528. The maximum absolute atomic E-state index is 10.5. The topological polar surface area (TPSA) is 99.6 Å². The fourth-order valence-electron chi connectivity index (χ4n) is 0.931. The molecule has 8 nitrogen and oxygen atoms in total. The molecule has 0 radical (unpaired) electrons. The predicted octanol–water partition coefficient (Wildman–Crippen LogP) is 1.77. The van der Waals surface area contributed by atoms with Gasteiger partial charge < -0.3 is 0 Å². The molecular formula is C7H8N6O2S2. The Kier molecular flexibility index (Phi) is 3.33. The zero-order valence-electron chi connectivity index (χ0n) is 8.97. The van der Waals surface area contributed by atoms with E-state index in [-0.39, 0.29) is 11.0 Å². The summed E-state index contributed by atoms with van der Waals surface area (Å²) in [5.41, 5.74) is 0. The summed E-state index contributed by atoms with van der Waals surface area (Å²) in [4.78, 5) is 15.4. The normalized spacial score (nSPS) is 11.0. The molecule has 0 N–H and O–H groups in total. The molecule has 0 saturated carbocycles. The van der Waals surface area contributed by atoms with Crippen molar-refractivity contribution < 1.29 is 4.92 Å². The molecule has 0 aliphatic heterocycles. The molecule has 0 aliphatic carbocycles. The summed E-state index contributed by atoms with van der Waals surface area (Å²) in [6.07, 6.45) is 1.22. The maximum Gasteiger partial charge on any atom is 0.344 e. The highest BCUT2D eigenvalue weighted by Crippen LogP contribution is 2.32. The van der Waals surface area contributed by atoms with Gasteiger partial charge in [-0.2, -0.15) is 4.80 Å². The average Bonchev–Trinajstić information content (AvgIpc) is 2.87. The molecule has 2 aromatic heterocycles. The van der Waals surface area contributed by atoms with Gasteiger partial charge in [0.05, 0.1) is 11.0 Å². The lowest BCUT2D eigenvalue weighted by Crippen LogP contribution is -2.04. The molecule has 0 saturated heterocycles. The van der Waals surface area contributed by atoms with Gasteiger partial charge in [-0.05, 0) is 42.2 Å². The lowest BCUT2D eigenvalue weighted by Gasteiger charge is -1.98. The van der Waals surface area contributed by atoms with Gasteiger partial charge in [-0.15, -0.1) is 10.2 Å². The standard InChI is InChI=1S/C7H8N6O2S2/c1-4(2)12-10-6(9-11-12)17-7-8-3-5(16-7)13(14)15/h3-4H,1-2H3.